The Morgan fingerprint density at radius 1 is 0.833 bits per heavy atom. The lowest BCUT2D eigenvalue weighted by Crippen LogP contribution is -2.43. The molecule has 0 amide bonds. The van der Waals surface area contributed by atoms with E-state index in [1.165, 1.54) is 5.69 Å². The molecule has 36 heavy (non-hydrogen) atoms. The molecule has 1 aliphatic rings. The normalized spacial score (nSPS) is 13.0. The molecule has 6 nitrogen and oxygen atoms in total. The molecule has 0 saturated carbocycles. The zero-order valence-corrected chi connectivity index (χ0v) is 20.5. The Balaban J connectivity index is 0.000000344. The molecule has 0 aliphatic carbocycles. The van der Waals surface area contributed by atoms with E-state index in [0.717, 1.165) is 53.3 Å². The van der Waals surface area contributed by atoms with Crippen molar-refractivity contribution in [3.05, 3.63) is 108 Å². The lowest BCUT2D eigenvalue weighted by Gasteiger charge is -2.29. The maximum absolute atomic E-state index is 14.0. The molecular formula is C28H29FN4O2S. The van der Waals surface area contributed by atoms with E-state index >= 15 is 0 Å². The van der Waals surface area contributed by atoms with Crippen molar-refractivity contribution in [3.63, 3.8) is 0 Å². The third kappa shape index (κ3) is 8.00. The van der Waals surface area contributed by atoms with E-state index in [4.69, 9.17) is 4.55 Å². The highest BCUT2D eigenvalue weighted by atomic mass is 32.2. The van der Waals surface area contributed by atoms with Gasteiger partial charge in [0.2, 0.25) is 0 Å². The Morgan fingerprint density at radius 2 is 1.56 bits per heavy atom. The van der Waals surface area contributed by atoms with E-state index in [1.807, 2.05) is 30.4 Å². The Hall–Kier alpha value is -3.56. The third-order valence-corrected chi connectivity index (χ3v) is 5.97. The topological polar surface area (TPSA) is 92.8 Å². The van der Waals surface area contributed by atoms with Gasteiger partial charge in [0.25, 0.3) is 0 Å². The number of hydrogen-bond acceptors (Lipinski definition) is 6. The van der Waals surface area contributed by atoms with E-state index < -0.39 is 0 Å². The Morgan fingerprint density at radius 3 is 2.19 bits per heavy atom. The monoisotopic (exact) mass is 504 g/mol. The molecule has 186 valence electrons. The molecule has 0 atom stereocenters. The van der Waals surface area contributed by atoms with Gasteiger partial charge in [-0.2, -0.15) is 0 Å². The summed E-state index contributed by atoms with van der Waals surface area (Å²) < 4.78 is 22.5. The van der Waals surface area contributed by atoms with Crippen molar-refractivity contribution in [3.8, 4) is 11.1 Å². The van der Waals surface area contributed by atoms with Crippen molar-refractivity contribution in [1.29, 1.82) is 0 Å². The molecule has 4 N–H and O–H groups in total. The largest absolute Gasteiger partial charge is 0.412 e. The average Bonchev–Trinajstić information content (AvgIpc) is 2.94. The Bertz CT molecular complexity index is 1220. The first-order valence-corrected chi connectivity index (χ1v) is 12.1. The second-order valence-corrected chi connectivity index (χ2v) is 8.61. The fourth-order valence-corrected chi connectivity index (χ4v) is 3.98. The SMILES string of the molecule is Fc1cc(/C=C/c2ccc(N3CCNCC3)cc2)cc(-c2ccncc2)c1.O.OSc1cccnc1. The van der Waals surface area contributed by atoms with Gasteiger partial charge in [-0.05, 0) is 76.9 Å². The zero-order valence-electron chi connectivity index (χ0n) is 19.7. The van der Waals surface area contributed by atoms with Crippen LogP contribution in [0, 0.1) is 5.82 Å². The predicted molar refractivity (Wildman–Crippen MR) is 146 cm³/mol. The number of rotatable bonds is 5. The molecule has 0 unspecified atom stereocenters. The van der Waals surface area contributed by atoms with Gasteiger partial charge >= 0.3 is 0 Å². The summed E-state index contributed by atoms with van der Waals surface area (Å²) in [6, 6.07) is 20.9. The molecule has 3 heterocycles. The van der Waals surface area contributed by atoms with Crippen LogP contribution in [0.1, 0.15) is 11.1 Å². The summed E-state index contributed by atoms with van der Waals surface area (Å²) >= 11 is 0.706. The summed E-state index contributed by atoms with van der Waals surface area (Å²) in [6.07, 6.45) is 10.7. The van der Waals surface area contributed by atoms with Crippen LogP contribution in [0.5, 0.6) is 0 Å². The maximum Gasteiger partial charge on any atom is 0.124 e. The second kappa shape index (κ2) is 14.1. The van der Waals surface area contributed by atoms with Crippen molar-refractivity contribution in [2.24, 2.45) is 0 Å². The number of halogens is 1. The molecule has 0 radical (unpaired) electrons. The molecule has 0 bridgehead atoms. The number of anilines is 1. The van der Waals surface area contributed by atoms with Gasteiger partial charge in [-0.15, -0.1) is 0 Å². The van der Waals surface area contributed by atoms with Crippen molar-refractivity contribution in [2.45, 2.75) is 4.90 Å². The van der Waals surface area contributed by atoms with Gasteiger partial charge < -0.3 is 20.2 Å². The molecule has 4 aromatic rings. The summed E-state index contributed by atoms with van der Waals surface area (Å²) in [5.41, 5.74) is 5.00. The maximum atomic E-state index is 14.0. The molecule has 5 rings (SSSR count). The summed E-state index contributed by atoms with van der Waals surface area (Å²) in [7, 11) is 0. The minimum Gasteiger partial charge on any atom is -0.412 e. The van der Waals surface area contributed by atoms with Crippen molar-refractivity contribution < 1.29 is 14.4 Å². The lowest BCUT2D eigenvalue weighted by atomic mass is 10.0. The number of hydrogen-bond donors (Lipinski definition) is 2. The Labute approximate surface area is 215 Å². The van der Waals surface area contributed by atoms with Crippen LogP contribution in [0.3, 0.4) is 0 Å². The zero-order chi connectivity index (χ0) is 24.3. The van der Waals surface area contributed by atoms with Gasteiger partial charge in [0.1, 0.15) is 5.82 Å². The van der Waals surface area contributed by atoms with Crippen LogP contribution >= 0.6 is 12.0 Å². The van der Waals surface area contributed by atoms with Gasteiger partial charge in [-0.25, -0.2) is 4.39 Å². The molecule has 0 spiro atoms. The summed E-state index contributed by atoms with van der Waals surface area (Å²) in [6.45, 7) is 4.13. The smallest absolute Gasteiger partial charge is 0.124 e. The van der Waals surface area contributed by atoms with Crippen LogP contribution in [0.4, 0.5) is 10.1 Å². The number of aromatic nitrogens is 2. The van der Waals surface area contributed by atoms with E-state index in [0.29, 0.717) is 12.0 Å². The molecular weight excluding hydrogens is 475 g/mol. The van der Waals surface area contributed by atoms with Crippen LogP contribution in [-0.4, -0.2) is 46.2 Å². The molecule has 1 aliphatic heterocycles. The summed E-state index contributed by atoms with van der Waals surface area (Å²) in [5.74, 6) is -0.238. The van der Waals surface area contributed by atoms with E-state index in [9.17, 15) is 4.39 Å². The number of nitrogens with one attached hydrogen (secondary N) is 1. The first kappa shape index (κ1) is 27.0. The number of pyridine rings is 2. The van der Waals surface area contributed by atoms with Crippen molar-refractivity contribution >= 4 is 29.9 Å². The first-order chi connectivity index (χ1) is 17.2. The summed E-state index contributed by atoms with van der Waals surface area (Å²) in [4.78, 5) is 10.9. The lowest BCUT2D eigenvalue weighted by molar-refractivity contribution is 0.589. The van der Waals surface area contributed by atoms with E-state index in [2.05, 4.69) is 44.5 Å². The van der Waals surface area contributed by atoms with Crippen LogP contribution in [0.2, 0.25) is 0 Å². The third-order valence-electron chi connectivity index (χ3n) is 5.52. The highest BCUT2D eigenvalue weighted by Gasteiger charge is 2.09. The van der Waals surface area contributed by atoms with E-state index in [-0.39, 0.29) is 11.3 Å². The fraction of sp³-hybridized carbons (Fsp3) is 0.143. The van der Waals surface area contributed by atoms with Gasteiger partial charge in [-0.3, -0.25) is 9.97 Å². The van der Waals surface area contributed by atoms with Crippen LogP contribution in [0.15, 0.2) is 96.4 Å². The van der Waals surface area contributed by atoms with Crippen LogP contribution in [0.25, 0.3) is 23.3 Å². The number of benzene rings is 2. The molecule has 1 saturated heterocycles. The summed E-state index contributed by atoms with van der Waals surface area (Å²) in [5, 5.41) is 3.37. The highest BCUT2D eigenvalue weighted by Crippen LogP contribution is 2.23. The first-order valence-electron chi connectivity index (χ1n) is 11.4. The number of piperazine rings is 1. The Kier molecular flexibility index (Phi) is 10.6. The number of nitrogens with zero attached hydrogens (tertiary/aromatic N) is 3. The van der Waals surface area contributed by atoms with Crippen LogP contribution < -0.4 is 10.2 Å². The second-order valence-electron chi connectivity index (χ2n) is 7.95. The molecule has 2 aromatic carbocycles. The van der Waals surface area contributed by atoms with Crippen molar-refractivity contribution in [2.75, 3.05) is 31.1 Å². The van der Waals surface area contributed by atoms with Gasteiger partial charge in [-0.1, -0.05) is 24.3 Å². The van der Waals surface area contributed by atoms with Gasteiger partial charge in [0.05, 0.1) is 4.90 Å². The van der Waals surface area contributed by atoms with Crippen molar-refractivity contribution in [1.82, 2.24) is 15.3 Å². The predicted octanol–water partition coefficient (Wildman–Crippen LogP) is 5.29. The highest BCUT2D eigenvalue weighted by molar-refractivity contribution is 7.93. The van der Waals surface area contributed by atoms with Gasteiger partial charge in [0, 0.05) is 68.7 Å². The van der Waals surface area contributed by atoms with Crippen LogP contribution in [-0.2, 0) is 0 Å². The van der Waals surface area contributed by atoms with E-state index in [1.54, 1.807) is 49.1 Å². The minimum absolute atomic E-state index is 0. The minimum atomic E-state index is -0.238. The van der Waals surface area contributed by atoms with Gasteiger partial charge in [0.15, 0.2) is 0 Å². The molecule has 1 fully saturated rings. The molecule has 8 heteroatoms. The standard InChI is InChI=1S/C23H22FN3.C5H5NOS.H2O/c24-22-16-19(15-21(17-22)20-7-9-25-10-8-20)2-1-18-3-5-23(6-4-18)27-13-11-26-12-14-27;7-8-5-2-1-3-6-4-5;/h1-10,15-17,26H,11-14H2;1-4,7H;1H2/b2-1+;;. The quantitative estimate of drug-likeness (QED) is 0.283. The fourth-order valence-electron chi connectivity index (χ4n) is 3.73. The molecule has 2 aromatic heterocycles. The average molecular weight is 505 g/mol.